The smallest absolute Gasteiger partial charge is 0.224 e. The van der Waals surface area contributed by atoms with Crippen molar-refractivity contribution in [1.29, 1.82) is 0 Å². The van der Waals surface area contributed by atoms with Gasteiger partial charge < -0.3 is 15.0 Å². The second-order valence-electron chi connectivity index (χ2n) is 6.27. The number of hydrogen-bond donors (Lipinski definition) is 1. The van der Waals surface area contributed by atoms with Crippen LogP contribution in [0.2, 0.25) is 0 Å². The average molecular weight is 358 g/mol. The van der Waals surface area contributed by atoms with Gasteiger partial charge in [0.15, 0.2) is 0 Å². The summed E-state index contributed by atoms with van der Waals surface area (Å²) in [5, 5.41) is 2.73. The fourth-order valence-electron chi connectivity index (χ4n) is 2.93. The van der Waals surface area contributed by atoms with Gasteiger partial charge in [-0.25, -0.2) is 9.37 Å². The van der Waals surface area contributed by atoms with Crippen molar-refractivity contribution >= 4 is 11.7 Å². The van der Waals surface area contributed by atoms with Crippen LogP contribution in [-0.2, 0) is 11.2 Å². The number of carbonyl (C=O) groups excluding carboxylic acids is 1. The van der Waals surface area contributed by atoms with E-state index in [9.17, 15) is 9.18 Å². The zero-order valence-electron chi connectivity index (χ0n) is 14.9. The molecule has 3 rings (SSSR count). The van der Waals surface area contributed by atoms with E-state index in [-0.39, 0.29) is 18.1 Å². The first-order valence-corrected chi connectivity index (χ1v) is 8.85. The first kappa shape index (κ1) is 18.1. The number of amides is 1. The van der Waals surface area contributed by atoms with E-state index >= 15 is 0 Å². The summed E-state index contributed by atoms with van der Waals surface area (Å²) in [6, 6.07) is 8.10. The Morgan fingerprint density at radius 2 is 2.04 bits per heavy atom. The van der Waals surface area contributed by atoms with E-state index in [1.807, 2.05) is 13.0 Å². The minimum atomic E-state index is -0.371. The van der Waals surface area contributed by atoms with Gasteiger partial charge in [0, 0.05) is 19.2 Å². The minimum absolute atomic E-state index is 0.0123. The summed E-state index contributed by atoms with van der Waals surface area (Å²) in [5.74, 6) is 1.43. The Labute approximate surface area is 152 Å². The highest BCUT2D eigenvalue weighted by Gasteiger charge is 2.15. The molecule has 0 unspecified atom stereocenters. The van der Waals surface area contributed by atoms with Crippen molar-refractivity contribution < 1.29 is 13.9 Å². The lowest BCUT2D eigenvalue weighted by molar-refractivity contribution is -0.120. The molecule has 1 aromatic carbocycles. The average Bonchev–Trinajstić information content (AvgIpc) is 3.15. The van der Waals surface area contributed by atoms with Gasteiger partial charge in [-0.1, -0.05) is 18.2 Å². The van der Waals surface area contributed by atoms with Crippen LogP contribution in [0, 0.1) is 12.7 Å². The molecule has 0 atom stereocenters. The fourth-order valence-corrected chi connectivity index (χ4v) is 2.93. The molecule has 6 nitrogen and oxygen atoms in total. The first-order valence-electron chi connectivity index (χ1n) is 8.85. The van der Waals surface area contributed by atoms with E-state index < -0.39 is 0 Å². The number of aromatic nitrogens is 2. The van der Waals surface area contributed by atoms with Crippen LogP contribution in [0.3, 0.4) is 0 Å². The number of nitrogens with zero attached hydrogens (tertiary/aromatic N) is 3. The van der Waals surface area contributed by atoms with Crippen LogP contribution in [-0.4, -0.2) is 42.1 Å². The predicted molar refractivity (Wildman–Crippen MR) is 96.8 cm³/mol. The van der Waals surface area contributed by atoms with E-state index in [0.717, 1.165) is 18.9 Å². The monoisotopic (exact) mass is 358 g/mol. The molecule has 0 spiro atoms. The van der Waals surface area contributed by atoms with Crippen molar-refractivity contribution in [2.75, 3.05) is 31.1 Å². The van der Waals surface area contributed by atoms with Crippen molar-refractivity contribution in [2.45, 2.75) is 26.2 Å². The van der Waals surface area contributed by atoms with Gasteiger partial charge in [0.1, 0.15) is 24.1 Å². The van der Waals surface area contributed by atoms with Crippen molar-refractivity contribution in [3.63, 3.8) is 0 Å². The lowest BCUT2D eigenvalue weighted by Crippen LogP contribution is -2.29. The second kappa shape index (κ2) is 8.60. The molecule has 0 radical (unpaired) electrons. The number of nitrogens with one attached hydrogen (secondary N) is 1. The summed E-state index contributed by atoms with van der Waals surface area (Å²) in [7, 11) is 0. The largest absolute Gasteiger partial charge is 0.476 e. The van der Waals surface area contributed by atoms with Gasteiger partial charge in [0.25, 0.3) is 0 Å². The Hall–Kier alpha value is -2.70. The summed E-state index contributed by atoms with van der Waals surface area (Å²) in [5.41, 5.74) is 0.382. The third-order valence-electron chi connectivity index (χ3n) is 4.21. The number of hydrogen-bond acceptors (Lipinski definition) is 5. The van der Waals surface area contributed by atoms with Crippen molar-refractivity contribution in [3.8, 4) is 5.88 Å². The molecule has 1 N–H and O–H groups in total. The maximum absolute atomic E-state index is 13.5. The number of carbonyl (C=O) groups is 1. The number of benzene rings is 1. The normalized spacial score (nSPS) is 13.7. The molecule has 0 bridgehead atoms. The fraction of sp³-hybridized carbons (Fsp3) is 0.421. The zero-order valence-corrected chi connectivity index (χ0v) is 14.9. The maximum atomic E-state index is 13.5. The quantitative estimate of drug-likeness (QED) is 0.769. The van der Waals surface area contributed by atoms with Gasteiger partial charge in [0.05, 0.1) is 13.0 Å². The van der Waals surface area contributed by atoms with Crippen LogP contribution in [0.5, 0.6) is 5.88 Å². The topological polar surface area (TPSA) is 67.3 Å². The Bertz CT molecular complexity index is 763. The summed E-state index contributed by atoms with van der Waals surface area (Å²) in [4.78, 5) is 22.8. The SMILES string of the molecule is Cc1nc(OCCNC(=O)Cc2ccccc2F)cc(N2CCCC2)n1. The molecular formula is C19H23FN4O2. The molecule has 1 aliphatic heterocycles. The Balaban J connectivity index is 1.46. The lowest BCUT2D eigenvalue weighted by Gasteiger charge is -2.17. The third-order valence-corrected chi connectivity index (χ3v) is 4.21. The Morgan fingerprint density at radius 1 is 1.27 bits per heavy atom. The molecule has 26 heavy (non-hydrogen) atoms. The van der Waals surface area contributed by atoms with Crippen molar-refractivity contribution in [1.82, 2.24) is 15.3 Å². The molecule has 7 heteroatoms. The molecule has 138 valence electrons. The zero-order chi connectivity index (χ0) is 18.4. The minimum Gasteiger partial charge on any atom is -0.476 e. The van der Waals surface area contributed by atoms with Crippen molar-refractivity contribution in [2.24, 2.45) is 0 Å². The second-order valence-corrected chi connectivity index (χ2v) is 6.27. The summed E-state index contributed by atoms with van der Waals surface area (Å²) in [6.45, 7) is 4.46. The number of anilines is 1. The standard InChI is InChI=1S/C19H23FN4O2/c1-14-22-17(24-9-4-5-10-24)13-19(23-14)26-11-8-21-18(25)12-15-6-2-3-7-16(15)20/h2-3,6-7,13H,4-5,8-12H2,1H3,(H,21,25). The van der Waals surface area contributed by atoms with Crippen LogP contribution < -0.4 is 15.0 Å². The third kappa shape index (κ3) is 4.91. The van der Waals surface area contributed by atoms with E-state index in [4.69, 9.17) is 4.74 Å². The predicted octanol–water partition coefficient (Wildman–Crippen LogP) is 2.26. The molecule has 0 aliphatic carbocycles. The van der Waals surface area contributed by atoms with Crippen LogP contribution in [0.4, 0.5) is 10.2 Å². The van der Waals surface area contributed by atoms with E-state index in [1.165, 1.54) is 18.9 Å². The molecule has 2 heterocycles. The molecule has 1 aromatic heterocycles. The van der Waals surface area contributed by atoms with E-state index in [1.54, 1.807) is 18.2 Å². The molecular weight excluding hydrogens is 335 g/mol. The van der Waals surface area contributed by atoms with Gasteiger partial charge in [-0.2, -0.15) is 4.98 Å². The van der Waals surface area contributed by atoms with Gasteiger partial charge in [-0.15, -0.1) is 0 Å². The van der Waals surface area contributed by atoms with Crippen LogP contribution >= 0.6 is 0 Å². The Morgan fingerprint density at radius 3 is 2.81 bits per heavy atom. The number of ether oxygens (including phenoxy) is 1. The molecule has 1 amide bonds. The van der Waals surface area contributed by atoms with E-state index in [0.29, 0.717) is 30.4 Å². The van der Waals surface area contributed by atoms with Gasteiger partial charge in [-0.3, -0.25) is 4.79 Å². The molecule has 2 aromatic rings. The van der Waals surface area contributed by atoms with Crippen LogP contribution in [0.15, 0.2) is 30.3 Å². The van der Waals surface area contributed by atoms with Crippen LogP contribution in [0.25, 0.3) is 0 Å². The maximum Gasteiger partial charge on any atom is 0.224 e. The number of halogens is 1. The van der Waals surface area contributed by atoms with Gasteiger partial charge >= 0.3 is 0 Å². The first-order chi connectivity index (χ1) is 12.6. The highest BCUT2D eigenvalue weighted by atomic mass is 19.1. The lowest BCUT2D eigenvalue weighted by atomic mass is 10.1. The number of rotatable bonds is 7. The van der Waals surface area contributed by atoms with Crippen LogP contribution in [0.1, 0.15) is 24.2 Å². The molecule has 1 saturated heterocycles. The van der Waals surface area contributed by atoms with Gasteiger partial charge in [0.2, 0.25) is 11.8 Å². The molecule has 0 saturated carbocycles. The van der Waals surface area contributed by atoms with Crippen molar-refractivity contribution in [3.05, 3.63) is 47.5 Å². The molecule has 1 fully saturated rings. The number of aryl methyl sites for hydroxylation is 1. The van der Waals surface area contributed by atoms with Gasteiger partial charge in [-0.05, 0) is 31.4 Å². The highest BCUT2D eigenvalue weighted by Crippen LogP contribution is 2.21. The summed E-state index contributed by atoms with van der Waals surface area (Å²) in [6.07, 6.45) is 2.36. The summed E-state index contributed by atoms with van der Waals surface area (Å²) >= 11 is 0. The Kier molecular flexibility index (Phi) is 5.99. The summed E-state index contributed by atoms with van der Waals surface area (Å²) < 4.78 is 19.2. The van der Waals surface area contributed by atoms with E-state index in [2.05, 4.69) is 20.2 Å². The highest BCUT2D eigenvalue weighted by molar-refractivity contribution is 5.78. The molecule has 1 aliphatic rings.